The number of hydrogen-bond donors (Lipinski definition) is 2. The zero-order valence-electron chi connectivity index (χ0n) is 10.5. The van der Waals surface area contributed by atoms with Crippen molar-refractivity contribution in [2.75, 3.05) is 13.2 Å². The van der Waals surface area contributed by atoms with Gasteiger partial charge in [-0.1, -0.05) is 18.2 Å². The molecule has 3 rings (SSSR count). The standard InChI is InChI=1S/C14H18N2O2/c1-9-3-2-4-10-7-12(18-14(9)10)13(16-15)11-5-6-17-8-11/h2-4,7,11,13,16H,5-6,8,15H2,1H3. The third-order valence-corrected chi connectivity index (χ3v) is 3.68. The van der Waals surface area contributed by atoms with Crippen LogP contribution in [0.15, 0.2) is 28.7 Å². The summed E-state index contributed by atoms with van der Waals surface area (Å²) in [7, 11) is 0. The second-order valence-electron chi connectivity index (χ2n) is 4.91. The molecule has 0 amide bonds. The number of hydrogen-bond acceptors (Lipinski definition) is 4. The van der Waals surface area contributed by atoms with Crippen LogP contribution in [0.1, 0.15) is 23.8 Å². The van der Waals surface area contributed by atoms with Gasteiger partial charge < -0.3 is 9.15 Å². The van der Waals surface area contributed by atoms with Crippen LogP contribution in [-0.2, 0) is 4.74 Å². The fraction of sp³-hybridized carbons (Fsp3) is 0.429. The molecule has 1 fully saturated rings. The maximum atomic E-state index is 5.97. The first-order valence-corrected chi connectivity index (χ1v) is 6.32. The van der Waals surface area contributed by atoms with Crippen LogP contribution in [0.2, 0.25) is 0 Å². The molecule has 0 spiro atoms. The Bertz CT molecular complexity index is 544. The molecular formula is C14H18N2O2. The lowest BCUT2D eigenvalue weighted by Gasteiger charge is -2.18. The van der Waals surface area contributed by atoms with Crippen LogP contribution in [-0.4, -0.2) is 13.2 Å². The Morgan fingerprint density at radius 3 is 3.00 bits per heavy atom. The topological polar surface area (TPSA) is 60.4 Å². The summed E-state index contributed by atoms with van der Waals surface area (Å²) in [4.78, 5) is 0. The van der Waals surface area contributed by atoms with Gasteiger partial charge in [-0.3, -0.25) is 5.84 Å². The van der Waals surface area contributed by atoms with Gasteiger partial charge >= 0.3 is 0 Å². The van der Waals surface area contributed by atoms with E-state index in [9.17, 15) is 0 Å². The largest absolute Gasteiger partial charge is 0.459 e. The van der Waals surface area contributed by atoms with E-state index < -0.39 is 0 Å². The number of nitrogens with one attached hydrogen (secondary N) is 1. The van der Waals surface area contributed by atoms with Crippen LogP contribution in [0.4, 0.5) is 0 Å². The van der Waals surface area contributed by atoms with Crippen molar-refractivity contribution in [1.29, 1.82) is 0 Å². The highest BCUT2D eigenvalue weighted by Crippen LogP contribution is 2.32. The molecule has 2 unspecified atom stereocenters. The van der Waals surface area contributed by atoms with E-state index in [0.29, 0.717) is 5.92 Å². The Balaban J connectivity index is 1.99. The Morgan fingerprint density at radius 1 is 1.44 bits per heavy atom. The molecule has 1 aromatic carbocycles. The van der Waals surface area contributed by atoms with E-state index in [2.05, 4.69) is 30.5 Å². The van der Waals surface area contributed by atoms with Crippen molar-refractivity contribution in [3.8, 4) is 0 Å². The van der Waals surface area contributed by atoms with Crippen LogP contribution < -0.4 is 11.3 Å². The van der Waals surface area contributed by atoms with E-state index in [-0.39, 0.29) is 6.04 Å². The number of rotatable bonds is 3. The Morgan fingerprint density at radius 2 is 2.33 bits per heavy atom. The average molecular weight is 246 g/mol. The van der Waals surface area contributed by atoms with Crippen LogP contribution in [0.5, 0.6) is 0 Å². The zero-order valence-corrected chi connectivity index (χ0v) is 10.5. The van der Waals surface area contributed by atoms with Gasteiger partial charge in [-0.15, -0.1) is 0 Å². The van der Waals surface area contributed by atoms with E-state index in [4.69, 9.17) is 15.0 Å². The maximum absolute atomic E-state index is 5.97. The second-order valence-corrected chi connectivity index (χ2v) is 4.91. The average Bonchev–Trinajstić information content (AvgIpc) is 3.00. The summed E-state index contributed by atoms with van der Waals surface area (Å²) in [6, 6.07) is 8.26. The molecule has 2 aromatic rings. The smallest absolute Gasteiger partial charge is 0.137 e. The van der Waals surface area contributed by atoms with Gasteiger partial charge in [0.2, 0.25) is 0 Å². The van der Waals surface area contributed by atoms with E-state index in [1.807, 2.05) is 6.07 Å². The molecule has 4 heteroatoms. The maximum Gasteiger partial charge on any atom is 0.137 e. The number of aryl methyl sites for hydroxylation is 1. The monoisotopic (exact) mass is 246 g/mol. The quantitative estimate of drug-likeness (QED) is 0.644. The van der Waals surface area contributed by atoms with E-state index in [1.54, 1.807) is 0 Å². The summed E-state index contributed by atoms with van der Waals surface area (Å²) < 4.78 is 11.4. The summed E-state index contributed by atoms with van der Waals surface area (Å²) >= 11 is 0. The van der Waals surface area contributed by atoms with E-state index in [0.717, 1.165) is 41.9 Å². The predicted molar refractivity (Wildman–Crippen MR) is 69.9 cm³/mol. The van der Waals surface area contributed by atoms with Gasteiger partial charge in [0.1, 0.15) is 11.3 Å². The first kappa shape index (κ1) is 11.7. The molecule has 0 bridgehead atoms. The first-order valence-electron chi connectivity index (χ1n) is 6.32. The lowest BCUT2D eigenvalue weighted by Crippen LogP contribution is -2.33. The third kappa shape index (κ3) is 1.92. The molecule has 2 heterocycles. The fourth-order valence-electron chi connectivity index (χ4n) is 2.65. The second kappa shape index (κ2) is 4.72. The van der Waals surface area contributed by atoms with Crippen molar-refractivity contribution in [3.63, 3.8) is 0 Å². The van der Waals surface area contributed by atoms with Crippen LogP contribution in [0.25, 0.3) is 11.0 Å². The van der Waals surface area contributed by atoms with Gasteiger partial charge in [0.05, 0.1) is 12.6 Å². The van der Waals surface area contributed by atoms with Gasteiger partial charge in [0.25, 0.3) is 0 Å². The van der Waals surface area contributed by atoms with Crippen LogP contribution in [0.3, 0.4) is 0 Å². The normalized spacial score (nSPS) is 21.6. The first-order chi connectivity index (χ1) is 8.79. The summed E-state index contributed by atoms with van der Waals surface area (Å²) in [6.07, 6.45) is 1.02. The summed E-state index contributed by atoms with van der Waals surface area (Å²) in [5, 5.41) is 1.13. The highest BCUT2D eigenvalue weighted by Gasteiger charge is 2.28. The van der Waals surface area contributed by atoms with Crippen molar-refractivity contribution in [1.82, 2.24) is 5.43 Å². The fourth-order valence-corrected chi connectivity index (χ4v) is 2.65. The summed E-state index contributed by atoms with van der Waals surface area (Å²) in [5.41, 5.74) is 4.97. The molecule has 1 aromatic heterocycles. The van der Waals surface area contributed by atoms with Crippen molar-refractivity contribution in [2.24, 2.45) is 11.8 Å². The van der Waals surface area contributed by atoms with Gasteiger partial charge in [-0.25, -0.2) is 5.43 Å². The van der Waals surface area contributed by atoms with Crippen molar-refractivity contribution in [3.05, 3.63) is 35.6 Å². The third-order valence-electron chi connectivity index (χ3n) is 3.68. The highest BCUT2D eigenvalue weighted by atomic mass is 16.5. The van der Waals surface area contributed by atoms with Gasteiger partial charge in [0.15, 0.2) is 0 Å². The minimum Gasteiger partial charge on any atom is -0.459 e. The van der Waals surface area contributed by atoms with Crippen molar-refractivity contribution >= 4 is 11.0 Å². The van der Waals surface area contributed by atoms with Gasteiger partial charge in [0, 0.05) is 17.9 Å². The molecule has 4 nitrogen and oxygen atoms in total. The highest BCUT2D eigenvalue weighted by molar-refractivity contribution is 5.81. The predicted octanol–water partition coefficient (Wildman–Crippen LogP) is 2.28. The Kier molecular flexibility index (Phi) is 3.07. The molecule has 0 saturated carbocycles. The molecule has 0 aliphatic carbocycles. The lowest BCUT2D eigenvalue weighted by atomic mass is 9.97. The van der Waals surface area contributed by atoms with Gasteiger partial charge in [-0.2, -0.15) is 0 Å². The Hall–Kier alpha value is -1.36. The number of benzene rings is 1. The van der Waals surface area contributed by atoms with Crippen LogP contribution >= 0.6 is 0 Å². The number of fused-ring (bicyclic) bond motifs is 1. The number of furan rings is 1. The van der Waals surface area contributed by atoms with Gasteiger partial charge in [-0.05, 0) is 25.0 Å². The number of ether oxygens (including phenoxy) is 1. The molecule has 3 N–H and O–H groups in total. The van der Waals surface area contributed by atoms with E-state index >= 15 is 0 Å². The molecule has 18 heavy (non-hydrogen) atoms. The minimum atomic E-state index is 0.0271. The Labute approximate surface area is 106 Å². The number of hydrazine groups is 1. The molecule has 2 atom stereocenters. The van der Waals surface area contributed by atoms with E-state index in [1.165, 1.54) is 0 Å². The molecule has 0 radical (unpaired) electrons. The lowest BCUT2D eigenvalue weighted by molar-refractivity contribution is 0.173. The van der Waals surface area contributed by atoms with Crippen LogP contribution in [0, 0.1) is 12.8 Å². The molecule has 1 aliphatic heterocycles. The molecule has 96 valence electrons. The van der Waals surface area contributed by atoms with Crippen molar-refractivity contribution in [2.45, 2.75) is 19.4 Å². The number of nitrogens with two attached hydrogens (primary N) is 1. The summed E-state index contributed by atoms with van der Waals surface area (Å²) in [5.74, 6) is 6.96. The molecule has 1 saturated heterocycles. The SMILES string of the molecule is Cc1cccc2cc(C(NN)C3CCOC3)oc12. The van der Waals surface area contributed by atoms with Crippen molar-refractivity contribution < 1.29 is 9.15 Å². The zero-order chi connectivity index (χ0) is 12.5. The molecule has 1 aliphatic rings. The summed E-state index contributed by atoms with van der Waals surface area (Å²) in [6.45, 7) is 3.60. The molecular weight excluding hydrogens is 228 g/mol. The number of para-hydroxylation sites is 1. The minimum absolute atomic E-state index is 0.0271.